The van der Waals surface area contributed by atoms with E-state index in [4.69, 9.17) is 6.57 Å². The van der Waals surface area contributed by atoms with Crippen LogP contribution in [0.15, 0.2) is 78.8 Å². The van der Waals surface area contributed by atoms with Gasteiger partial charge in [0, 0.05) is 61.2 Å². The van der Waals surface area contributed by atoms with Crippen LogP contribution in [0.2, 0.25) is 0 Å². The van der Waals surface area contributed by atoms with E-state index in [9.17, 15) is 56.4 Å². The summed E-state index contributed by atoms with van der Waals surface area (Å²) in [5.41, 5.74) is -1.33. The summed E-state index contributed by atoms with van der Waals surface area (Å²) in [5, 5.41) is 59.4. The number of alkyl halides is 3. The zero-order valence-corrected chi connectivity index (χ0v) is 75.2. The minimum absolute atomic E-state index is 0.0647. The molecule has 672 valence electrons. The Balaban J connectivity index is 0.000000116. The number of hydrogen-bond acceptors (Lipinski definition) is 13. The van der Waals surface area contributed by atoms with Crippen molar-refractivity contribution in [2.45, 2.75) is 326 Å². The first-order valence-corrected chi connectivity index (χ1v) is 50.6. The minimum atomic E-state index is -3.25. The van der Waals surface area contributed by atoms with Gasteiger partial charge in [-0.1, -0.05) is 46.8 Å². The molecule has 4 aromatic heterocycles. The van der Waals surface area contributed by atoms with E-state index in [1.165, 1.54) is 121 Å². The number of rotatable bonds is 17. The first-order valence-electron chi connectivity index (χ1n) is 48.7. The lowest BCUT2D eigenvalue weighted by Crippen LogP contribution is -2.52. The van der Waals surface area contributed by atoms with Crippen molar-refractivity contribution in [1.29, 1.82) is 0 Å². The fourth-order valence-electron chi connectivity index (χ4n) is 33.8. The van der Waals surface area contributed by atoms with E-state index in [2.05, 4.69) is 66.4 Å². The molecule has 16 saturated carbocycles. The zero-order valence-electron chi connectivity index (χ0n) is 74.3. The molecule has 4 aromatic rings. The molecule has 4 heterocycles. The highest BCUT2D eigenvalue weighted by Gasteiger charge is 2.64. The summed E-state index contributed by atoms with van der Waals surface area (Å²) in [6, 6.07) is 3.78. The molecular weight excluding hydrogens is 1560 g/mol. The van der Waals surface area contributed by atoms with Crippen molar-refractivity contribution in [3.8, 4) is 0 Å². The Bertz CT molecular complexity index is 4400. The topological polar surface area (TPSA) is 242 Å². The monoisotopic (exact) mass is 1710 g/mol. The summed E-state index contributed by atoms with van der Waals surface area (Å²) in [5.74, 6) is 15.4. The zero-order chi connectivity index (χ0) is 85.8. The van der Waals surface area contributed by atoms with Gasteiger partial charge in [-0.2, -0.15) is 20.4 Å². The van der Waals surface area contributed by atoms with Crippen molar-refractivity contribution in [1.82, 2.24) is 39.1 Å². The third-order valence-electron chi connectivity index (χ3n) is 39.7. The predicted molar refractivity (Wildman–Crippen MR) is 463 cm³/mol. The number of carbonyl (C=O) groups is 3. The first-order chi connectivity index (χ1) is 58.3. The molecule has 0 spiro atoms. The number of sulfone groups is 1. The molecule has 0 saturated heterocycles. The second kappa shape index (κ2) is 34.6. The van der Waals surface area contributed by atoms with Gasteiger partial charge in [-0.15, -0.1) is 0 Å². The molecule has 122 heavy (non-hydrogen) atoms. The summed E-state index contributed by atoms with van der Waals surface area (Å²) in [4.78, 5) is 43.2. The van der Waals surface area contributed by atoms with Crippen LogP contribution in [0.4, 0.5) is 18.9 Å². The SMILES string of the molecule is C=C(Cn1cc(S(C)(=O)=O)cn1)C1CC[C@H]2[C@@H]3CC[C@@H]4C[C@@](O)(CF)CC[C@@H]4[C@H]3CC[C@]12C.CC[C@@]1(O)CC[C@H]2[C@H](CC[C@@H]3[C@@H]2CC[C@]2(C)[C@@H](C(=O)Cn4cccn4)CC[C@@H]32)C1.C[C@]12CC[C@H]3[C@@H](CC[C@@H]4C[C@@](O)(CF)CC[C@@H]43)[C@@H]1CC[C@@H]2C(=O)Cn1cccn1.[C-]#[N+]c1cnn(CC(=O)[C@H]2CC[C@H]3[C@@H]4CC[C@@H]5C[C@@](O)(CF)CC[C@@H]5[C@H]4CC[C@]23C)c1. The summed E-state index contributed by atoms with van der Waals surface area (Å²) < 4.78 is 70.7. The van der Waals surface area contributed by atoms with Crippen LogP contribution in [0.1, 0.15) is 272 Å². The standard InChI is InChI=1S/C26H39FN2O3S.C25H34FN3O2.C25H38N2O2.C24H35FN2O2/c1-17(14-29-15-19(13-28-29)33(3,31)32)23-6-7-24-22-5-4-18-12-26(30,16-27)11-9-20(18)21(22)8-10-25(23,24)2;1-24-9-7-19-18-8-10-25(31,15-26)11-16(18)3-4-20(19)21(24)5-6-22(24)23(30)14-29-13-17(27-2)12-28-29;1-3-25(29)12-10-18-17(15-25)5-6-20-19(18)9-11-24(2)21(20)7-8-22(24)23(28)16-27-14-4-13-26-27;1-23-9-7-18-17-8-10-24(29,15-25)13-16(17)3-4-19(18)20(23)5-6-21(23)22(28)14-27-12-2-11-26-27/h13,15,18,20-24,30H,1,4-12,14,16H2,2-3H3;12-13,16,18-22,31H,3-11,14-15H2,1H3;4,13-14,17-22,29H,3,5-12,15-16H2,1-2H3;2,11-12,16-21,29H,3-10,13-15H2,1H3/t18-,20+,21-,22-,23?,24+,25-,26-;16-,18+,19-,20-,21+,22-,24+,25-;17-,18+,19-,20-,21+,22-,24+,25-;16-,17+,18-,19-,20+,21-,23+,24-/m1111/s1. The Morgan fingerprint density at radius 1 is 0.418 bits per heavy atom. The average molecular weight is 1710 g/mol. The van der Waals surface area contributed by atoms with Crippen molar-refractivity contribution in [2.24, 2.45) is 164 Å². The molecule has 0 amide bonds. The van der Waals surface area contributed by atoms with E-state index >= 15 is 0 Å². The van der Waals surface area contributed by atoms with Crippen LogP contribution in [0.25, 0.3) is 4.85 Å². The summed E-state index contributed by atoms with van der Waals surface area (Å²) in [6.45, 7) is 23.2. The largest absolute Gasteiger partial charge is 0.390 e. The summed E-state index contributed by atoms with van der Waals surface area (Å²) >= 11 is 0. The normalized spacial score (nSPS) is 45.0. The molecule has 0 aliphatic heterocycles. The van der Waals surface area contributed by atoms with E-state index in [0.29, 0.717) is 152 Å². The second-order valence-electron chi connectivity index (χ2n) is 45.2. The van der Waals surface area contributed by atoms with Crippen LogP contribution in [0, 0.1) is 170 Å². The van der Waals surface area contributed by atoms with Gasteiger partial charge in [0.1, 0.15) is 24.9 Å². The van der Waals surface area contributed by atoms with Gasteiger partial charge in [-0.25, -0.2) is 26.4 Å². The summed E-state index contributed by atoms with van der Waals surface area (Å²) in [6.07, 6.45) is 53.8. The van der Waals surface area contributed by atoms with E-state index in [1.54, 1.807) is 43.5 Å². The third-order valence-corrected chi connectivity index (χ3v) is 40.8. The highest BCUT2D eigenvalue weighted by Crippen LogP contribution is 2.71. The molecule has 0 aromatic carbocycles. The number of carbonyl (C=O) groups excluding carboxylic acids is 3. The van der Waals surface area contributed by atoms with Gasteiger partial charge >= 0.3 is 0 Å². The average Bonchev–Trinajstić information content (AvgIpc) is 1.51. The molecule has 0 radical (unpaired) electrons. The van der Waals surface area contributed by atoms with Crippen molar-refractivity contribution in [2.75, 3.05) is 26.3 Å². The fourth-order valence-corrected chi connectivity index (χ4v) is 34.4. The number of hydrogen-bond donors (Lipinski definition) is 4. The number of nitrogens with zero attached hydrogens (tertiary/aromatic N) is 9. The van der Waals surface area contributed by atoms with Crippen LogP contribution in [0.5, 0.6) is 0 Å². The van der Waals surface area contributed by atoms with Crippen LogP contribution in [-0.2, 0) is 50.4 Å². The van der Waals surface area contributed by atoms with Crippen LogP contribution in [0.3, 0.4) is 0 Å². The van der Waals surface area contributed by atoms with Gasteiger partial charge in [-0.05, 0) is 396 Å². The molecule has 32 atom stereocenters. The number of aromatic nitrogens is 8. The van der Waals surface area contributed by atoms with Gasteiger partial charge in [-0.3, -0.25) is 33.1 Å². The molecule has 16 aliphatic carbocycles. The van der Waals surface area contributed by atoms with Crippen molar-refractivity contribution in [3.63, 3.8) is 0 Å². The molecule has 22 heteroatoms. The molecule has 16 fully saturated rings. The lowest BCUT2D eigenvalue weighted by atomic mass is 9.48. The number of fused-ring (bicyclic) bond motifs is 20. The maximum Gasteiger partial charge on any atom is 0.224 e. The van der Waals surface area contributed by atoms with E-state index in [0.717, 1.165) is 150 Å². The third kappa shape index (κ3) is 16.6. The first kappa shape index (κ1) is 88.7. The van der Waals surface area contributed by atoms with Gasteiger partial charge in [0.05, 0.1) is 67.5 Å². The van der Waals surface area contributed by atoms with Crippen LogP contribution < -0.4 is 0 Å². The quantitative estimate of drug-likeness (QED) is 0.0569. The Kier molecular flexibility index (Phi) is 25.1. The number of halogens is 3. The van der Waals surface area contributed by atoms with Gasteiger partial charge in [0.25, 0.3) is 0 Å². The predicted octanol–water partition coefficient (Wildman–Crippen LogP) is 19.1. The minimum Gasteiger partial charge on any atom is -0.390 e. The smallest absolute Gasteiger partial charge is 0.224 e. The van der Waals surface area contributed by atoms with E-state index < -0.39 is 52.3 Å². The lowest BCUT2D eigenvalue weighted by Gasteiger charge is -2.57. The van der Waals surface area contributed by atoms with Crippen molar-refractivity contribution >= 4 is 32.9 Å². The molecule has 4 N–H and O–H groups in total. The maximum atomic E-state index is 13.4. The fraction of sp³-hybridized carbons (Fsp3) is 0.820. The second-order valence-corrected chi connectivity index (χ2v) is 47.2. The number of allylic oxidation sites excluding steroid dienone is 1. The highest BCUT2D eigenvalue weighted by atomic mass is 32.2. The number of aliphatic hydroxyl groups is 4. The molecular formula is C100H146F3N9O9S. The maximum absolute atomic E-state index is 13.4. The highest BCUT2D eigenvalue weighted by molar-refractivity contribution is 7.90. The Hall–Kier alpha value is -5.34. The molecule has 16 aliphatic rings. The van der Waals surface area contributed by atoms with Crippen molar-refractivity contribution < 1.29 is 56.4 Å². The molecule has 1 unspecified atom stereocenters. The Morgan fingerprint density at radius 3 is 1.06 bits per heavy atom. The van der Waals surface area contributed by atoms with Gasteiger partial charge in [0.2, 0.25) is 5.69 Å². The van der Waals surface area contributed by atoms with Gasteiger partial charge < -0.3 is 20.4 Å². The number of ketones is 3. The van der Waals surface area contributed by atoms with E-state index in [-0.39, 0.29) is 56.6 Å². The summed E-state index contributed by atoms with van der Waals surface area (Å²) in [7, 11) is -3.25. The molecule has 0 bridgehead atoms. The Labute approximate surface area is 725 Å². The van der Waals surface area contributed by atoms with Gasteiger partial charge in [0.15, 0.2) is 27.2 Å². The van der Waals surface area contributed by atoms with Crippen LogP contribution in [-0.4, -0.2) is 134 Å². The Morgan fingerprint density at radius 2 is 0.738 bits per heavy atom. The van der Waals surface area contributed by atoms with E-state index in [1.807, 2.05) is 24.5 Å². The lowest BCUT2D eigenvalue weighted by molar-refractivity contribution is -0.134. The van der Waals surface area contributed by atoms with Crippen LogP contribution >= 0.6 is 0 Å². The molecule has 20 rings (SSSR count). The van der Waals surface area contributed by atoms with Crippen molar-refractivity contribution in [3.05, 3.63) is 85.3 Å². The number of Topliss-reactive ketones (excluding diaryl/α,β-unsaturated/α-hetero) is 3. The molecule has 18 nitrogen and oxygen atoms in total.